The van der Waals surface area contributed by atoms with Gasteiger partial charge in [-0.2, -0.15) is 9.14 Å². The molecule has 1 rings (SSSR count). The van der Waals surface area contributed by atoms with E-state index in [-0.39, 0.29) is 5.88 Å². The third-order valence-electron chi connectivity index (χ3n) is 0.979. The van der Waals surface area contributed by atoms with Crippen LogP contribution in [0.4, 0.5) is 13.2 Å². The van der Waals surface area contributed by atoms with E-state index in [1.165, 1.54) is 6.07 Å². The van der Waals surface area contributed by atoms with Gasteiger partial charge in [-0.3, -0.25) is 0 Å². The van der Waals surface area contributed by atoms with Crippen molar-refractivity contribution in [3.05, 3.63) is 17.9 Å². The van der Waals surface area contributed by atoms with Crippen LogP contribution in [0.2, 0.25) is 0 Å². The highest BCUT2D eigenvalue weighted by molar-refractivity contribution is 7.24. The highest BCUT2D eigenvalue weighted by Gasteiger charge is 2.20. The van der Waals surface area contributed by atoms with Crippen molar-refractivity contribution in [2.24, 2.45) is 0 Å². The molecule has 1 aromatic heterocycles. The Bertz CT molecular complexity index is 233. The Labute approximate surface area is 68.5 Å². The van der Waals surface area contributed by atoms with Gasteiger partial charge in [0.05, 0.1) is 0 Å². The minimum Gasteiger partial charge on any atom is -0.437 e. The molecule has 0 fully saturated rings. The summed E-state index contributed by atoms with van der Waals surface area (Å²) in [5.41, 5.74) is 0. The van der Waals surface area contributed by atoms with Gasteiger partial charge in [0.25, 0.3) is 6.36 Å². The summed E-state index contributed by atoms with van der Waals surface area (Å²) in [5.74, 6) is 1.56. The molecule has 1 heterocycles. The fourth-order valence-electron chi connectivity index (χ4n) is 0.517. The Morgan fingerprint density at radius 2 is 2.17 bits per heavy atom. The molecule has 0 N–H and O–H groups in total. The van der Waals surface area contributed by atoms with Gasteiger partial charge in [-0.1, -0.05) is 6.07 Å². The molecule has 0 aliphatic heterocycles. The van der Waals surface area contributed by atoms with E-state index < -0.39 is 12.8 Å². The van der Waals surface area contributed by atoms with Gasteiger partial charge in [0.2, 0.25) is 5.88 Å². The zero-order valence-electron chi connectivity index (χ0n) is 5.82. The molecule has 1 unspecified atom stereocenters. The molecular weight excluding hydrogens is 190 g/mol. The van der Waals surface area contributed by atoms with E-state index >= 15 is 0 Å². The lowest BCUT2D eigenvalue weighted by molar-refractivity contribution is -0.0687. The van der Waals surface area contributed by atoms with Crippen molar-refractivity contribution in [3.63, 3.8) is 0 Å². The summed E-state index contributed by atoms with van der Waals surface area (Å²) >= 11 is 0. The molecule has 0 radical (unpaired) electrons. The molecule has 0 saturated carbocycles. The number of aromatic nitrogens is 1. The largest absolute Gasteiger partial charge is 0.437 e. The van der Waals surface area contributed by atoms with Crippen molar-refractivity contribution in [3.8, 4) is 5.88 Å². The first kappa shape index (κ1) is 9.26. The van der Waals surface area contributed by atoms with Crippen molar-refractivity contribution in [2.45, 2.75) is 12.8 Å². The maximum absolute atomic E-state index is 12.2. The zero-order chi connectivity index (χ0) is 8.97. The standard InChI is InChI=1S/C6H5F3NOP/c7-5(8)6(9)11-4-2-1-3-12-10-4/h1-3,5-6H. The van der Waals surface area contributed by atoms with Crippen LogP contribution in [0.15, 0.2) is 17.9 Å². The average Bonchev–Trinajstić information content (AvgIpc) is 2.06. The number of rotatable bonds is 3. The maximum atomic E-state index is 12.2. The van der Waals surface area contributed by atoms with Gasteiger partial charge in [0.1, 0.15) is 0 Å². The highest BCUT2D eigenvalue weighted by atomic mass is 31.0. The van der Waals surface area contributed by atoms with E-state index in [0.717, 1.165) is 0 Å². The minimum atomic E-state index is -3.14. The molecule has 1 aromatic rings. The Balaban J connectivity index is 2.53. The second kappa shape index (κ2) is 4.26. The van der Waals surface area contributed by atoms with Crippen LogP contribution in [0.5, 0.6) is 5.88 Å². The van der Waals surface area contributed by atoms with Crippen LogP contribution in [0.25, 0.3) is 0 Å². The van der Waals surface area contributed by atoms with Gasteiger partial charge in [-0.15, -0.1) is 0 Å². The second-order valence-electron chi connectivity index (χ2n) is 1.87. The Morgan fingerprint density at radius 1 is 1.42 bits per heavy atom. The summed E-state index contributed by atoms with van der Waals surface area (Å²) < 4.78 is 43.2. The van der Waals surface area contributed by atoms with Crippen LogP contribution < -0.4 is 4.74 Å². The molecule has 0 saturated heterocycles. The smallest absolute Gasteiger partial charge is 0.304 e. The first-order chi connectivity index (χ1) is 5.70. The van der Waals surface area contributed by atoms with Gasteiger partial charge in [-0.05, 0) is 5.80 Å². The maximum Gasteiger partial charge on any atom is 0.304 e. The van der Waals surface area contributed by atoms with Gasteiger partial charge in [0.15, 0.2) is 0 Å². The van der Waals surface area contributed by atoms with E-state index in [1.54, 1.807) is 11.9 Å². The fourth-order valence-corrected chi connectivity index (χ4v) is 0.974. The number of hydrogen-bond acceptors (Lipinski definition) is 2. The Kier molecular flexibility index (Phi) is 3.29. The third-order valence-corrected chi connectivity index (χ3v) is 1.60. The van der Waals surface area contributed by atoms with Crippen LogP contribution in [-0.2, 0) is 0 Å². The molecule has 1 atom stereocenters. The summed E-state index contributed by atoms with van der Waals surface area (Å²) in [6.45, 7) is 0. The summed E-state index contributed by atoms with van der Waals surface area (Å²) in [6, 6.07) is 2.88. The lowest BCUT2D eigenvalue weighted by atomic mass is 10.6. The van der Waals surface area contributed by atoms with E-state index in [1.807, 2.05) is 0 Å². The summed E-state index contributed by atoms with van der Waals surface area (Å²) in [6.07, 6.45) is -5.73. The first-order valence-corrected chi connectivity index (χ1v) is 3.98. The summed E-state index contributed by atoms with van der Waals surface area (Å²) in [4.78, 5) is 0. The number of hydrogen-bond donors (Lipinski definition) is 0. The van der Waals surface area contributed by atoms with Gasteiger partial charge in [0, 0.05) is 14.4 Å². The van der Waals surface area contributed by atoms with Crippen molar-refractivity contribution >= 4 is 8.35 Å². The number of nitrogens with zero attached hydrogens (tertiary/aromatic N) is 1. The predicted octanol–water partition coefficient (Wildman–Crippen LogP) is 2.60. The quantitative estimate of drug-likeness (QED) is 0.739. The number of halogens is 3. The van der Waals surface area contributed by atoms with E-state index in [2.05, 4.69) is 9.48 Å². The number of alkyl halides is 3. The molecule has 12 heavy (non-hydrogen) atoms. The van der Waals surface area contributed by atoms with Gasteiger partial charge >= 0.3 is 6.43 Å². The zero-order valence-corrected chi connectivity index (χ0v) is 6.72. The molecule has 0 bridgehead atoms. The molecule has 0 amide bonds. The number of ether oxygens (including phenoxy) is 1. The van der Waals surface area contributed by atoms with E-state index in [4.69, 9.17) is 0 Å². The van der Waals surface area contributed by atoms with Crippen molar-refractivity contribution in [1.82, 2.24) is 4.75 Å². The predicted molar refractivity (Wildman–Crippen MR) is 38.3 cm³/mol. The lowest BCUT2D eigenvalue weighted by Crippen LogP contribution is -2.19. The Hall–Kier alpha value is -0.830. The second-order valence-corrected chi connectivity index (χ2v) is 2.59. The van der Waals surface area contributed by atoms with Crippen LogP contribution in [0.1, 0.15) is 0 Å². The average molecular weight is 195 g/mol. The van der Waals surface area contributed by atoms with Crippen molar-refractivity contribution in [2.75, 3.05) is 0 Å². The van der Waals surface area contributed by atoms with Crippen LogP contribution >= 0.6 is 8.35 Å². The molecule has 0 aliphatic carbocycles. The molecule has 0 spiro atoms. The van der Waals surface area contributed by atoms with E-state index in [9.17, 15) is 13.2 Å². The van der Waals surface area contributed by atoms with Gasteiger partial charge < -0.3 is 4.74 Å². The topological polar surface area (TPSA) is 22.1 Å². The van der Waals surface area contributed by atoms with Crippen LogP contribution in [0, 0.1) is 0 Å². The normalized spacial score (nSPS) is 13.7. The highest BCUT2D eigenvalue weighted by Crippen LogP contribution is 2.15. The molecule has 66 valence electrons. The molecule has 0 aliphatic rings. The fraction of sp³-hybridized carbons (Fsp3) is 0.333. The molecule has 6 heteroatoms. The first-order valence-electron chi connectivity index (χ1n) is 3.06. The molecule has 0 aromatic carbocycles. The monoisotopic (exact) mass is 195 g/mol. The van der Waals surface area contributed by atoms with Crippen molar-refractivity contribution < 1.29 is 17.9 Å². The summed E-state index contributed by atoms with van der Waals surface area (Å²) in [7, 11) is 0.556. The van der Waals surface area contributed by atoms with Gasteiger partial charge in [-0.25, -0.2) is 8.78 Å². The van der Waals surface area contributed by atoms with Crippen LogP contribution in [0.3, 0.4) is 0 Å². The third kappa shape index (κ3) is 2.66. The molecule has 2 nitrogen and oxygen atoms in total. The Morgan fingerprint density at radius 3 is 2.67 bits per heavy atom. The van der Waals surface area contributed by atoms with Crippen molar-refractivity contribution in [1.29, 1.82) is 0 Å². The van der Waals surface area contributed by atoms with E-state index in [0.29, 0.717) is 8.35 Å². The SMILES string of the molecule is FC(F)C(F)Oc1cccpn1. The van der Waals surface area contributed by atoms with Crippen LogP contribution in [-0.4, -0.2) is 17.5 Å². The lowest BCUT2D eigenvalue weighted by Gasteiger charge is -2.07. The minimum absolute atomic E-state index is 0.105. The molecular formula is C6H5F3NOP. The summed E-state index contributed by atoms with van der Waals surface area (Å²) in [5, 5.41) is 0.